The number of carbonyl (C=O) groups is 2. The van der Waals surface area contributed by atoms with E-state index in [1.54, 1.807) is 0 Å². The maximum Gasteiger partial charge on any atom is 0.239 e. The molecule has 0 unspecified atom stereocenters. The number of nitrogens with one attached hydrogen (secondary N) is 2. The molecule has 4 N–H and O–H groups in total. The van der Waals surface area contributed by atoms with Crippen LogP contribution in [0.5, 0.6) is 0 Å². The molecule has 2 fully saturated rings. The fourth-order valence-electron chi connectivity index (χ4n) is 2.32. The molecular formula is C12H21N3O2. The minimum atomic E-state index is -0.336. The molecule has 0 aromatic heterocycles. The summed E-state index contributed by atoms with van der Waals surface area (Å²) < 4.78 is 0. The quantitative estimate of drug-likeness (QED) is 0.633. The molecule has 5 heteroatoms. The standard InChI is InChI=1S/C12H21N3O2/c13-12(5-1-2-6-12)7-10(16)14-8-11(17)15-9-3-4-9/h9H,1-8,13H2,(H,14,16)(H,15,17). The van der Waals surface area contributed by atoms with Gasteiger partial charge in [-0.2, -0.15) is 0 Å². The van der Waals surface area contributed by atoms with E-state index in [2.05, 4.69) is 10.6 Å². The van der Waals surface area contributed by atoms with E-state index in [1.165, 1.54) is 0 Å². The molecule has 96 valence electrons. The van der Waals surface area contributed by atoms with E-state index in [0.717, 1.165) is 38.5 Å². The van der Waals surface area contributed by atoms with Gasteiger partial charge in [-0.3, -0.25) is 9.59 Å². The molecule has 0 heterocycles. The smallest absolute Gasteiger partial charge is 0.239 e. The van der Waals surface area contributed by atoms with E-state index in [4.69, 9.17) is 5.73 Å². The molecule has 17 heavy (non-hydrogen) atoms. The molecule has 5 nitrogen and oxygen atoms in total. The van der Waals surface area contributed by atoms with Crippen molar-refractivity contribution in [2.75, 3.05) is 6.54 Å². The van der Waals surface area contributed by atoms with Crippen LogP contribution in [0.25, 0.3) is 0 Å². The van der Waals surface area contributed by atoms with Crippen LogP contribution < -0.4 is 16.4 Å². The zero-order valence-corrected chi connectivity index (χ0v) is 10.1. The van der Waals surface area contributed by atoms with Crippen molar-refractivity contribution in [1.82, 2.24) is 10.6 Å². The molecule has 2 aliphatic carbocycles. The van der Waals surface area contributed by atoms with Gasteiger partial charge in [-0.25, -0.2) is 0 Å². The predicted octanol–water partition coefficient (Wildman–Crippen LogP) is 0.0428. The van der Waals surface area contributed by atoms with Crippen LogP contribution in [0.4, 0.5) is 0 Å². The van der Waals surface area contributed by atoms with Crippen LogP contribution in [0.15, 0.2) is 0 Å². The number of amides is 2. The summed E-state index contributed by atoms with van der Waals surface area (Å²) in [6.45, 7) is 0.0748. The molecule has 0 aromatic rings. The summed E-state index contributed by atoms with van der Waals surface area (Å²) >= 11 is 0. The average Bonchev–Trinajstić information content (AvgIpc) is 2.97. The molecule has 0 atom stereocenters. The van der Waals surface area contributed by atoms with Gasteiger partial charge in [0, 0.05) is 18.0 Å². The Labute approximate surface area is 102 Å². The highest BCUT2D eigenvalue weighted by atomic mass is 16.2. The molecular weight excluding hydrogens is 218 g/mol. The van der Waals surface area contributed by atoms with Gasteiger partial charge in [0.2, 0.25) is 11.8 Å². The lowest BCUT2D eigenvalue weighted by Crippen LogP contribution is -2.44. The largest absolute Gasteiger partial charge is 0.352 e. The highest BCUT2D eigenvalue weighted by Crippen LogP contribution is 2.29. The van der Waals surface area contributed by atoms with Gasteiger partial charge in [-0.1, -0.05) is 12.8 Å². The predicted molar refractivity (Wildman–Crippen MR) is 64.2 cm³/mol. The molecule has 0 bridgehead atoms. The van der Waals surface area contributed by atoms with E-state index in [1.807, 2.05) is 0 Å². The van der Waals surface area contributed by atoms with Crippen molar-refractivity contribution in [3.8, 4) is 0 Å². The van der Waals surface area contributed by atoms with Crippen molar-refractivity contribution in [3.05, 3.63) is 0 Å². The van der Waals surface area contributed by atoms with E-state index in [-0.39, 0.29) is 23.9 Å². The van der Waals surface area contributed by atoms with E-state index in [0.29, 0.717) is 12.5 Å². The molecule has 2 rings (SSSR count). The topological polar surface area (TPSA) is 84.2 Å². The summed E-state index contributed by atoms with van der Waals surface area (Å²) in [5, 5.41) is 5.46. The first-order valence-corrected chi connectivity index (χ1v) is 6.42. The van der Waals surface area contributed by atoms with Crippen LogP contribution in [-0.2, 0) is 9.59 Å². The molecule has 0 aliphatic heterocycles. The van der Waals surface area contributed by atoms with Crippen molar-refractivity contribution in [2.24, 2.45) is 5.73 Å². The van der Waals surface area contributed by atoms with Gasteiger partial charge in [0.25, 0.3) is 0 Å². The molecule has 2 aliphatic rings. The van der Waals surface area contributed by atoms with Gasteiger partial charge >= 0.3 is 0 Å². The van der Waals surface area contributed by atoms with Gasteiger partial charge < -0.3 is 16.4 Å². The van der Waals surface area contributed by atoms with Crippen LogP contribution in [-0.4, -0.2) is 29.9 Å². The van der Waals surface area contributed by atoms with E-state index >= 15 is 0 Å². The summed E-state index contributed by atoms with van der Waals surface area (Å²) in [6, 6.07) is 0.343. The first-order chi connectivity index (χ1) is 8.07. The third-order valence-corrected chi connectivity index (χ3v) is 3.50. The van der Waals surface area contributed by atoms with E-state index in [9.17, 15) is 9.59 Å². The second-order valence-electron chi connectivity index (χ2n) is 5.36. The number of carbonyl (C=O) groups excluding carboxylic acids is 2. The normalized spacial score (nSPS) is 22.2. The Kier molecular flexibility index (Phi) is 3.66. The fraction of sp³-hybridized carbons (Fsp3) is 0.833. The lowest BCUT2D eigenvalue weighted by atomic mass is 9.94. The first kappa shape index (κ1) is 12.4. The second-order valence-corrected chi connectivity index (χ2v) is 5.36. The fourth-order valence-corrected chi connectivity index (χ4v) is 2.32. The summed E-state index contributed by atoms with van der Waals surface area (Å²) in [6.07, 6.45) is 6.49. The Balaban J connectivity index is 1.64. The SMILES string of the molecule is NC1(CC(=O)NCC(=O)NC2CC2)CCCC1. The Morgan fingerprint density at radius 1 is 1.18 bits per heavy atom. The zero-order valence-electron chi connectivity index (χ0n) is 10.1. The maximum atomic E-state index is 11.6. The Bertz CT molecular complexity index is 307. The van der Waals surface area contributed by atoms with Crippen LogP contribution in [0.3, 0.4) is 0 Å². The summed E-state index contributed by atoms with van der Waals surface area (Å²) in [5.41, 5.74) is 5.76. The lowest BCUT2D eigenvalue weighted by molar-refractivity contribution is -0.126. The maximum absolute atomic E-state index is 11.6. The summed E-state index contributed by atoms with van der Waals surface area (Å²) in [7, 11) is 0. The molecule has 0 radical (unpaired) electrons. The molecule has 2 saturated carbocycles. The summed E-state index contributed by atoms with van der Waals surface area (Å²) in [4.78, 5) is 23.0. The van der Waals surface area contributed by atoms with Crippen LogP contribution in [0, 0.1) is 0 Å². The Hall–Kier alpha value is -1.10. The van der Waals surface area contributed by atoms with Crippen molar-refractivity contribution in [1.29, 1.82) is 0 Å². The van der Waals surface area contributed by atoms with Crippen LogP contribution in [0.2, 0.25) is 0 Å². The second kappa shape index (κ2) is 5.04. The van der Waals surface area contributed by atoms with Crippen molar-refractivity contribution in [3.63, 3.8) is 0 Å². The van der Waals surface area contributed by atoms with Crippen molar-refractivity contribution < 1.29 is 9.59 Å². The minimum Gasteiger partial charge on any atom is -0.352 e. The lowest BCUT2D eigenvalue weighted by Gasteiger charge is -2.22. The molecule has 0 saturated heterocycles. The Morgan fingerprint density at radius 2 is 1.82 bits per heavy atom. The number of rotatable bonds is 5. The number of nitrogens with two attached hydrogens (primary N) is 1. The Morgan fingerprint density at radius 3 is 2.41 bits per heavy atom. The highest BCUT2D eigenvalue weighted by Gasteiger charge is 2.31. The van der Waals surface area contributed by atoms with Crippen LogP contribution in [0.1, 0.15) is 44.9 Å². The number of hydrogen-bond acceptors (Lipinski definition) is 3. The van der Waals surface area contributed by atoms with Gasteiger partial charge in [0.05, 0.1) is 6.54 Å². The van der Waals surface area contributed by atoms with Crippen molar-refractivity contribution in [2.45, 2.75) is 56.5 Å². The van der Waals surface area contributed by atoms with Gasteiger partial charge in [-0.15, -0.1) is 0 Å². The molecule has 2 amide bonds. The number of hydrogen-bond donors (Lipinski definition) is 3. The summed E-state index contributed by atoms with van der Waals surface area (Å²) in [5.74, 6) is -0.210. The third kappa shape index (κ3) is 4.00. The van der Waals surface area contributed by atoms with Crippen molar-refractivity contribution >= 4 is 11.8 Å². The highest BCUT2D eigenvalue weighted by molar-refractivity contribution is 5.85. The van der Waals surface area contributed by atoms with Gasteiger partial charge in [-0.05, 0) is 25.7 Å². The van der Waals surface area contributed by atoms with Gasteiger partial charge in [0.15, 0.2) is 0 Å². The zero-order chi connectivity index (χ0) is 12.3. The van der Waals surface area contributed by atoms with E-state index < -0.39 is 0 Å². The van der Waals surface area contributed by atoms with Gasteiger partial charge in [0.1, 0.15) is 0 Å². The monoisotopic (exact) mass is 239 g/mol. The van der Waals surface area contributed by atoms with Crippen LogP contribution >= 0.6 is 0 Å². The average molecular weight is 239 g/mol. The minimum absolute atomic E-state index is 0.0748. The molecule has 0 spiro atoms. The first-order valence-electron chi connectivity index (χ1n) is 6.42. The molecule has 0 aromatic carbocycles. The third-order valence-electron chi connectivity index (χ3n) is 3.50.